The first-order valence-electron chi connectivity index (χ1n) is 14.0. The van der Waals surface area contributed by atoms with E-state index in [0.717, 1.165) is 16.7 Å². The fourth-order valence-electron chi connectivity index (χ4n) is 5.83. The van der Waals surface area contributed by atoms with Crippen molar-refractivity contribution in [2.75, 3.05) is 6.61 Å². The Hall–Kier alpha value is -3.19. The van der Waals surface area contributed by atoms with Crippen molar-refractivity contribution >= 4 is 17.8 Å². The van der Waals surface area contributed by atoms with Gasteiger partial charge in [0.15, 0.2) is 0 Å². The molecule has 1 unspecified atom stereocenters. The first-order valence-corrected chi connectivity index (χ1v) is 14.0. The van der Waals surface area contributed by atoms with Crippen molar-refractivity contribution in [1.82, 2.24) is 10.2 Å². The monoisotopic (exact) mass is 520 g/mol. The Morgan fingerprint density at radius 3 is 2.47 bits per heavy atom. The lowest BCUT2D eigenvalue weighted by Gasteiger charge is -2.37. The molecule has 1 fully saturated rings. The van der Waals surface area contributed by atoms with E-state index >= 15 is 0 Å². The summed E-state index contributed by atoms with van der Waals surface area (Å²) in [5.41, 5.74) is 4.40. The SMILES string of the molecule is CCOC(=O)C(CCc1ccccc1)N[C@@H](C)C(=O)N1Cc2ccc(C3CCCCC3)cc2C[C@H]1C(=O)O. The Balaban J connectivity index is 1.47. The van der Waals surface area contributed by atoms with Crippen LogP contribution in [0.5, 0.6) is 0 Å². The van der Waals surface area contributed by atoms with Crippen LogP contribution in [-0.4, -0.2) is 52.6 Å². The zero-order valence-electron chi connectivity index (χ0n) is 22.5. The highest BCUT2D eigenvalue weighted by Gasteiger charge is 2.37. The lowest BCUT2D eigenvalue weighted by Crippen LogP contribution is -2.56. The van der Waals surface area contributed by atoms with E-state index in [1.807, 2.05) is 30.3 Å². The fraction of sp³-hybridized carbons (Fsp3) is 0.516. The molecule has 2 aromatic carbocycles. The standard InChI is InChI=1S/C31H40N2O5/c1-3-38-31(37)27(17-14-22-10-6-4-7-11-22)32-21(2)29(34)33-20-25-16-15-24(23-12-8-5-9-13-23)18-26(25)19-28(33)30(35)36/h4,6-7,10-11,15-16,18,21,23,27-28,32H,3,5,8-9,12-14,17,19-20H2,1-2H3,(H,35,36)/t21-,27?,28-/m0/s1. The molecule has 1 amide bonds. The summed E-state index contributed by atoms with van der Waals surface area (Å²) in [6, 6.07) is 13.9. The number of fused-ring (bicyclic) bond motifs is 1. The molecule has 38 heavy (non-hydrogen) atoms. The van der Waals surface area contributed by atoms with E-state index in [0.29, 0.717) is 25.2 Å². The third-order valence-corrected chi connectivity index (χ3v) is 7.96. The number of nitrogens with zero attached hydrogens (tertiary/aromatic N) is 1. The Kier molecular flexibility index (Phi) is 9.56. The van der Waals surface area contributed by atoms with E-state index in [9.17, 15) is 19.5 Å². The molecule has 204 valence electrons. The average molecular weight is 521 g/mol. The first-order chi connectivity index (χ1) is 18.4. The molecule has 0 bridgehead atoms. The molecule has 2 aromatic rings. The topological polar surface area (TPSA) is 95.9 Å². The predicted octanol–water partition coefficient (Wildman–Crippen LogP) is 4.61. The molecule has 7 nitrogen and oxygen atoms in total. The number of aliphatic carboxylic acids is 1. The zero-order chi connectivity index (χ0) is 27.1. The van der Waals surface area contributed by atoms with Crippen LogP contribution in [0.25, 0.3) is 0 Å². The van der Waals surface area contributed by atoms with Crippen LogP contribution in [0.3, 0.4) is 0 Å². The Morgan fingerprint density at radius 2 is 1.79 bits per heavy atom. The predicted molar refractivity (Wildman–Crippen MR) is 146 cm³/mol. The van der Waals surface area contributed by atoms with Gasteiger partial charge in [-0.1, -0.05) is 67.8 Å². The van der Waals surface area contributed by atoms with E-state index in [-0.39, 0.29) is 19.1 Å². The molecule has 4 rings (SSSR count). The van der Waals surface area contributed by atoms with Gasteiger partial charge >= 0.3 is 11.9 Å². The lowest BCUT2D eigenvalue weighted by molar-refractivity contribution is -0.153. The number of ether oxygens (including phenoxy) is 1. The van der Waals surface area contributed by atoms with E-state index in [2.05, 4.69) is 23.5 Å². The molecular weight excluding hydrogens is 480 g/mol. The number of amides is 1. The quantitative estimate of drug-likeness (QED) is 0.444. The third kappa shape index (κ3) is 6.81. The van der Waals surface area contributed by atoms with Crippen LogP contribution < -0.4 is 5.32 Å². The minimum atomic E-state index is -1.01. The van der Waals surface area contributed by atoms with Gasteiger partial charge in [0.05, 0.1) is 12.6 Å². The fourth-order valence-corrected chi connectivity index (χ4v) is 5.83. The molecule has 1 aliphatic heterocycles. The second-order valence-corrected chi connectivity index (χ2v) is 10.6. The minimum Gasteiger partial charge on any atom is -0.480 e. The van der Waals surface area contributed by atoms with Crippen molar-refractivity contribution < 1.29 is 24.2 Å². The van der Waals surface area contributed by atoms with Crippen LogP contribution in [-0.2, 0) is 38.5 Å². The largest absolute Gasteiger partial charge is 0.480 e. The summed E-state index contributed by atoms with van der Waals surface area (Å²) in [6.07, 6.45) is 7.54. The van der Waals surface area contributed by atoms with Crippen LogP contribution in [0.2, 0.25) is 0 Å². The van der Waals surface area contributed by atoms with E-state index < -0.39 is 30.1 Å². The number of carbonyl (C=O) groups is 3. The van der Waals surface area contributed by atoms with Gasteiger partial charge in [-0.15, -0.1) is 0 Å². The zero-order valence-corrected chi connectivity index (χ0v) is 22.5. The summed E-state index contributed by atoms with van der Waals surface area (Å²) in [4.78, 5) is 40.0. The van der Waals surface area contributed by atoms with Crippen molar-refractivity contribution in [3.8, 4) is 0 Å². The van der Waals surface area contributed by atoms with Crippen molar-refractivity contribution in [3.63, 3.8) is 0 Å². The number of nitrogens with one attached hydrogen (secondary N) is 1. The molecule has 0 aromatic heterocycles. The van der Waals surface area contributed by atoms with Crippen LogP contribution >= 0.6 is 0 Å². The Bertz CT molecular complexity index is 1110. The first kappa shape index (κ1) is 27.8. The second-order valence-electron chi connectivity index (χ2n) is 10.6. The van der Waals surface area contributed by atoms with E-state index in [1.54, 1.807) is 13.8 Å². The van der Waals surface area contributed by atoms with Gasteiger partial charge in [-0.3, -0.25) is 14.9 Å². The van der Waals surface area contributed by atoms with E-state index in [4.69, 9.17) is 4.74 Å². The van der Waals surface area contributed by atoms with Gasteiger partial charge in [0.2, 0.25) is 5.91 Å². The van der Waals surface area contributed by atoms with Crippen LogP contribution in [0.1, 0.15) is 80.5 Å². The Labute approximate surface area is 225 Å². The Morgan fingerprint density at radius 1 is 1.05 bits per heavy atom. The normalized spacial score (nSPS) is 19.3. The van der Waals surface area contributed by atoms with Crippen LogP contribution in [0.4, 0.5) is 0 Å². The van der Waals surface area contributed by atoms with Gasteiger partial charge in [-0.05, 0) is 67.7 Å². The molecule has 0 spiro atoms. The van der Waals surface area contributed by atoms with Crippen molar-refractivity contribution in [3.05, 3.63) is 70.8 Å². The summed E-state index contributed by atoms with van der Waals surface area (Å²) in [6.45, 7) is 3.94. The second kappa shape index (κ2) is 13.1. The van der Waals surface area contributed by atoms with Gasteiger partial charge in [0.1, 0.15) is 12.1 Å². The van der Waals surface area contributed by atoms with Crippen LogP contribution in [0.15, 0.2) is 48.5 Å². The molecule has 7 heteroatoms. The molecule has 2 aliphatic rings. The van der Waals surface area contributed by atoms with Gasteiger partial charge in [-0.2, -0.15) is 0 Å². The maximum atomic E-state index is 13.6. The number of esters is 1. The molecule has 1 aliphatic carbocycles. The summed E-state index contributed by atoms with van der Waals surface area (Å²) >= 11 is 0. The maximum absolute atomic E-state index is 13.6. The van der Waals surface area contributed by atoms with Gasteiger partial charge in [0.25, 0.3) is 0 Å². The summed E-state index contributed by atoms with van der Waals surface area (Å²) in [5.74, 6) is -1.20. The maximum Gasteiger partial charge on any atom is 0.326 e. The average Bonchev–Trinajstić information content (AvgIpc) is 2.94. The summed E-state index contributed by atoms with van der Waals surface area (Å²) in [5, 5.41) is 13.2. The summed E-state index contributed by atoms with van der Waals surface area (Å²) < 4.78 is 5.27. The van der Waals surface area contributed by atoms with Crippen molar-refractivity contribution in [2.24, 2.45) is 0 Å². The molecule has 1 heterocycles. The molecular formula is C31H40N2O5. The number of carboxylic acid groups (broad SMARTS) is 1. The molecule has 2 N–H and O–H groups in total. The number of benzene rings is 2. The number of carbonyl (C=O) groups excluding carboxylic acids is 2. The van der Waals surface area contributed by atoms with Gasteiger partial charge in [-0.25, -0.2) is 4.79 Å². The highest BCUT2D eigenvalue weighted by atomic mass is 16.5. The van der Waals surface area contributed by atoms with E-state index in [1.165, 1.54) is 42.6 Å². The molecule has 0 radical (unpaired) electrons. The molecule has 0 saturated heterocycles. The number of hydrogen-bond donors (Lipinski definition) is 2. The van der Waals surface area contributed by atoms with Crippen molar-refractivity contribution in [1.29, 1.82) is 0 Å². The number of rotatable bonds is 10. The lowest BCUT2D eigenvalue weighted by atomic mass is 9.82. The third-order valence-electron chi connectivity index (χ3n) is 7.96. The van der Waals surface area contributed by atoms with Gasteiger partial charge < -0.3 is 14.7 Å². The van der Waals surface area contributed by atoms with Gasteiger partial charge in [0, 0.05) is 13.0 Å². The minimum absolute atomic E-state index is 0.246. The number of hydrogen-bond acceptors (Lipinski definition) is 5. The summed E-state index contributed by atoms with van der Waals surface area (Å²) in [7, 11) is 0. The van der Waals surface area contributed by atoms with Crippen LogP contribution in [0, 0.1) is 0 Å². The highest BCUT2D eigenvalue weighted by Crippen LogP contribution is 2.35. The number of aryl methyl sites for hydroxylation is 1. The smallest absolute Gasteiger partial charge is 0.326 e. The number of carboxylic acids is 1. The highest BCUT2D eigenvalue weighted by molar-refractivity contribution is 5.88. The van der Waals surface area contributed by atoms with Crippen molar-refractivity contribution in [2.45, 2.75) is 95.8 Å². The molecule has 3 atom stereocenters. The molecule has 1 saturated carbocycles.